The molecule has 1 aliphatic heterocycles. The number of carbonyl (C=O) groups excluding carboxylic acids is 1. The number of hydrogen-bond acceptors (Lipinski definition) is 3. The van der Waals surface area contributed by atoms with E-state index in [1.807, 2.05) is 19.1 Å². The SMILES string of the molecule is CC1CCCCN1S(=O)(=O)c1cccc(C(=O)N(C)Cc2ccc(Cl)cc2)c1. The summed E-state index contributed by atoms with van der Waals surface area (Å²) in [7, 11) is -1.91. The van der Waals surface area contributed by atoms with E-state index in [2.05, 4.69) is 0 Å². The third-order valence-corrected chi connectivity index (χ3v) is 7.37. The van der Waals surface area contributed by atoms with E-state index in [9.17, 15) is 13.2 Å². The van der Waals surface area contributed by atoms with E-state index in [1.165, 1.54) is 6.07 Å². The van der Waals surface area contributed by atoms with E-state index < -0.39 is 10.0 Å². The molecule has 1 amide bonds. The van der Waals surface area contributed by atoms with Gasteiger partial charge in [-0.2, -0.15) is 4.31 Å². The van der Waals surface area contributed by atoms with Gasteiger partial charge in [-0.1, -0.05) is 36.2 Å². The second-order valence-electron chi connectivity index (χ2n) is 7.28. The summed E-state index contributed by atoms with van der Waals surface area (Å²) in [5.41, 5.74) is 1.31. The van der Waals surface area contributed by atoms with E-state index >= 15 is 0 Å². The van der Waals surface area contributed by atoms with Crippen LogP contribution < -0.4 is 0 Å². The molecule has 0 N–H and O–H groups in total. The van der Waals surface area contributed by atoms with E-state index in [4.69, 9.17) is 11.6 Å². The molecule has 2 aromatic carbocycles. The lowest BCUT2D eigenvalue weighted by atomic mass is 10.1. The zero-order valence-corrected chi connectivity index (χ0v) is 17.7. The minimum absolute atomic E-state index is 0.0225. The first-order valence-corrected chi connectivity index (χ1v) is 11.2. The Morgan fingerprint density at radius 1 is 1.18 bits per heavy atom. The van der Waals surface area contributed by atoms with Crippen molar-refractivity contribution in [2.75, 3.05) is 13.6 Å². The lowest BCUT2D eigenvalue weighted by Gasteiger charge is -2.32. The highest BCUT2D eigenvalue weighted by Gasteiger charge is 2.31. The molecule has 1 unspecified atom stereocenters. The lowest BCUT2D eigenvalue weighted by molar-refractivity contribution is 0.0785. The van der Waals surface area contributed by atoms with E-state index in [-0.39, 0.29) is 16.8 Å². The van der Waals surface area contributed by atoms with Crippen LogP contribution in [0.3, 0.4) is 0 Å². The van der Waals surface area contributed by atoms with Crippen LogP contribution in [0.5, 0.6) is 0 Å². The monoisotopic (exact) mass is 420 g/mol. The van der Waals surface area contributed by atoms with E-state index in [0.29, 0.717) is 23.7 Å². The van der Waals surface area contributed by atoms with Crippen molar-refractivity contribution >= 4 is 27.5 Å². The molecule has 3 rings (SSSR count). The van der Waals surface area contributed by atoms with Crippen LogP contribution in [0.4, 0.5) is 0 Å². The minimum atomic E-state index is -3.61. The first-order valence-electron chi connectivity index (χ1n) is 9.41. The summed E-state index contributed by atoms with van der Waals surface area (Å²) < 4.78 is 27.7. The molecule has 0 bridgehead atoms. The highest BCUT2D eigenvalue weighted by Crippen LogP contribution is 2.26. The van der Waals surface area contributed by atoms with Gasteiger partial charge in [-0.25, -0.2) is 8.42 Å². The first-order chi connectivity index (χ1) is 13.3. The van der Waals surface area contributed by atoms with Crippen LogP contribution in [-0.2, 0) is 16.6 Å². The molecule has 0 aromatic heterocycles. The number of hydrogen-bond donors (Lipinski definition) is 0. The molecule has 0 saturated carbocycles. The molecule has 1 atom stereocenters. The standard InChI is InChI=1S/C21H25ClN2O3S/c1-16-6-3-4-13-24(16)28(26,27)20-8-5-7-18(14-20)21(25)23(2)15-17-9-11-19(22)12-10-17/h5,7-12,14,16H,3-4,6,13,15H2,1-2H3. The van der Waals surface area contributed by atoms with Crippen LogP contribution >= 0.6 is 11.6 Å². The molecule has 0 radical (unpaired) electrons. The molecule has 28 heavy (non-hydrogen) atoms. The zero-order valence-electron chi connectivity index (χ0n) is 16.1. The first kappa shape index (κ1) is 20.8. The predicted molar refractivity (Wildman–Crippen MR) is 111 cm³/mol. The number of halogens is 1. The van der Waals surface area contributed by atoms with Gasteiger partial charge in [-0.05, 0) is 55.7 Å². The average molecular weight is 421 g/mol. The Kier molecular flexibility index (Phi) is 6.43. The molecule has 1 heterocycles. The maximum absolute atomic E-state index is 13.1. The number of nitrogens with zero attached hydrogens (tertiary/aromatic N) is 2. The van der Waals surface area contributed by atoms with Gasteiger partial charge in [0.05, 0.1) is 4.90 Å². The molecule has 5 nitrogen and oxygen atoms in total. The number of piperidine rings is 1. The molecule has 0 spiro atoms. The van der Waals surface area contributed by atoms with Crippen LogP contribution in [0.15, 0.2) is 53.4 Å². The van der Waals surface area contributed by atoms with Crippen LogP contribution in [0.25, 0.3) is 0 Å². The van der Waals surface area contributed by atoms with Crippen molar-refractivity contribution in [1.82, 2.24) is 9.21 Å². The average Bonchev–Trinajstić information content (AvgIpc) is 2.69. The summed E-state index contributed by atoms with van der Waals surface area (Å²) in [6, 6.07) is 13.6. The maximum atomic E-state index is 13.1. The van der Waals surface area contributed by atoms with Crippen molar-refractivity contribution < 1.29 is 13.2 Å². The number of sulfonamides is 1. The molecule has 7 heteroatoms. The third kappa shape index (κ3) is 4.57. The van der Waals surface area contributed by atoms with Crippen molar-refractivity contribution in [2.24, 2.45) is 0 Å². The molecular weight excluding hydrogens is 396 g/mol. The highest BCUT2D eigenvalue weighted by atomic mass is 35.5. The normalized spacial score (nSPS) is 18.0. The number of carbonyl (C=O) groups is 1. The Labute approximate surface area is 172 Å². The van der Waals surface area contributed by atoms with Crippen molar-refractivity contribution in [3.8, 4) is 0 Å². The highest BCUT2D eigenvalue weighted by molar-refractivity contribution is 7.89. The number of benzene rings is 2. The van der Waals surface area contributed by atoms with Crippen molar-refractivity contribution in [3.05, 3.63) is 64.7 Å². The van der Waals surface area contributed by atoms with Crippen molar-refractivity contribution in [1.29, 1.82) is 0 Å². The van der Waals surface area contributed by atoms with Gasteiger partial charge in [0.1, 0.15) is 0 Å². The topological polar surface area (TPSA) is 57.7 Å². The summed E-state index contributed by atoms with van der Waals surface area (Å²) >= 11 is 5.90. The summed E-state index contributed by atoms with van der Waals surface area (Å²) in [5.74, 6) is -0.223. The fourth-order valence-electron chi connectivity index (χ4n) is 3.51. The van der Waals surface area contributed by atoms with E-state index in [0.717, 1.165) is 24.8 Å². The smallest absolute Gasteiger partial charge is 0.253 e. The van der Waals surface area contributed by atoms with Gasteiger partial charge < -0.3 is 4.90 Å². The Balaban J connectivity index is 1.80. The minimum Gasteiger partial charge on any atom is -0.337 e. The summed E-state index contributed by atoms with van der Waals surface area (Å²) in [6.07, 6.45) is 2.77. The van der Waals surface area contributed by atoms with Crippen LogP contribution in [-0.4, -0.2) is 43.2 Å². The molecule has 1 aliphatic rings. The molecule has 1 saturated heterocycles. The fourth-order valence-corrected chi connectivity index (χ4v) is 5.38. The molecule has 150 valence electrons. The number of amides is 1. The summed E-state index contributed by atoms with van der Waals surface area (Å²) in [5, 5.41) is 0.641. The Morgan fingerprint density at radius 3 is 2.57 bits per heavy atom. The van der Waals surface area contributed by atoms with Gasteiger partial charge in [0.15, 0.2) is 0 Å². The largest absolute Gasteiger partial charge is 0.337 e. The Hall–Kier alpha value is -1.89. The van der Waals surface area contributed by atoms with Crippen LogP contribution in [0.2, 0.25) is 5.02 Å². The van der Waals surface area contributed by atoms with Crippen LogP contribution in [0, 0.1) is 0 Å². The molecular formula is C21H25ClN2O3S. The van der Waals surface area contributed by atoms with E-state index in [1.54, 1.807) is 46.6 Å². The van der Waals surface area contributed by atoms with Gasteiger partial charge in [0, 0.05) is 36.8 Å². The second kappa shape index (κ2) is 8.64. The lowest BCUT2D eigenvalue weighted by Crippen LogP contribution is -2.42. The van der Waals surface area contributed by atoms with Gasteiger partial charge >= 0.3 is 0 Å². The zero-order chi connectivity index (χ0) is 20.3. The summed E-state index contributed by atoms with van der Waals surface area (Å²) in [6.45, 7) is 2.87. The van der Waals surface area contributed by atoms with Gasteiger partial charge in [0.25, 0.3) is 5.91 Å². The fraction of sp³-hybridized carbons (Fsp3) is 0.381. The maximum Gasteiger partial charge on any atom is 0.253 e. The van der Waals surface area contributed by atoms with Gasteiger partial charge in [-0.15, -0.1) is 0 Å². The van der Waals surface area contributed by atoms with Gasteiger partial charge in [0.2, 0.25) is 10.0 Å². The van der Waals surface area contributed by atoms with Crippen molar-refractivity contribution in [3.63, 3.8) is 0 Å². The third-order valence-electron chi connectivity index (χ3n) is 5.11. The van der Waals surface area contributed by atoms with Crippen LogP contribution in [0.1, 0.15) is 42.1 Å². The second-order valence-corrected chi connectivity index (χ2v) is 9.60. The quantitative estimate of drug-likeness (QED) is 0.729. The Morgan fingerprint density at radius 2 is 1.89 bits per heavy atom. The molecule has 2 aromatic rings. The predicted octanol–water partition coefficient (Wildman–Crippen LogP) is 4.18. The summed E-state index contributed by atoms with van der Waals surface area (Å²) in [4.78, 5) is 14.6. The van der Waals surface area contributed by atoms with Gasteiger partial charge in [-0.3, -0.25) is 4.79 Å². The Bertz CT molecular complexity index is 944. The molecule has 0 aliphatic carbocycles. The molecule has 1 fully saturated rings. The number of rotatable bonds is 5. The van der Waals surface area contributed by atoms with Crippen molar-refractivity contribution in [2.45, 2.75) is 43.7 Å².